The average molecular weight is 234 g/mol. The number of aliphatic hydroxyl groups excluding tert-OH is 1. The summed E-state index contributed by atoms with van der Waals surface area (Å²) in [5.41, 5.74) is 2.92. The summed E-state index contributed by atoms with van der Waals surface area (Å²) >= 11 is 0. The van der Waals surface area contributed by atoms with Crippen molar-refractivity contribution in [1.82, 2.24) is 19.6 Å². The third kappa shape index (κ3) is 2.39. The highest BCUT2D eigenvalue weighted by Crippen LogP contribution is 2.17. The SMILES string of the molecule is CCc1cc(CC(O)c2ccnn2C)n(C)n1. The summed E-state index contributed by atoms with van der Waals surface area (Å²) in [6, 6.07) is 3.88. The molecule has 17 heavy (non-hydrogen) atoms. The smallest absolute Gasteiger partial charge is 0.101 e. The van der Waals surface area contributed by atoms with Crippen molar-refractivity contribution in [3.63, 3.8) is 0 Å². The minimum absolute atomic E-state index is 0.539. The molecule has 2 aromatic heterocycles. The van der Waals surface area contributed by atoms with Crippen molar-refractivity contribution in [1.29, 1.82) is 0 Å². The lowest BCUT2D eigenvalue weighted by Gasteiger charge is -2.10. The van der Waals surface area contributed by atoms with Gasteiger partial charge in [-0.1, -0.05) is 6.92 Å². The van der Waals surface area contributed by atoms with Gasteiger partial charge in [-0.3, -0.25) is 9.36 Å². The Balaban J connectivity index is 2.15. The van der Waals surface area contributed by atoms with Crippen molar-refractivity contribution < 1.29 is 5.11 Å². The zero-order valence-corrected chi connectivity index (χ0v) is 10.5. The maximum absolute atomic E-state index is 10.1. The molecule has 5 heteroatoms. The van der Waals surface area contributed by atoms with Gasteiger partial charge in [0, 0.05) is 32.4 Å². The molecule has 0 aliphatic carbocycles. The molecule has 1 unspecified atom stereocenters. The first kappa shape index (κ1) is 11.9. The van der Waals surface area contributed by atoms with Crippen molar-refractivity contribution in [2.75, 3.05) is 0 Å². The maximum atomic E-state index is 10.1. The second-order valence-corrected chi connectivity index (χ2v) is 4.20. The summed E-state index contributed by atoms with van der Waals surface area (Å²) in [6.07, 6.45) is 2.63. The van der Waals surface area contributed by atoms with Crippen molar-refractivity contribution in [3.05, 3.63) is 35.4 Å². The number of hydrogen-bond donors (Lipinski definition) is 1. The van der Waals surface area contributed by atoms with E-state index in [4.69, 9.17) is 0 Å². The topological polar surface area (TPSA) is 55.9 Å². The van der Waals surface area contributed by atoms with Gasteiger partial charge in [-0.25, -0.2) is 0 Å². The predicted octanol–water partition coefficient (Wildman–Crippen LogP) is 0.992. The van der Waals surface area contributed by atoms with Gasteiger partial charge in [-0.15, -0.1) is 0 Å². The molecule has 1 atom stereocenters. The van der Waals surface area contributed by atoms with Gasteiger partial charge in [-0.2, -0.15) is 10.2 Å². The Morgan fingerprint density at radius 3 is 2.65 bits per heavy atom. The van der Waals surface area contributed by atoms with Gasteiger partial charge in [0.05, 0.1) is 11.4 Å². The van der Waals surface area contributed by atoms with Gasteiger partial charge in [0.15, 0.2) is 0 Å². The molecule has 0 aromatic carbocycles. The largest absolute Gasteiger partial charge is 0.386 e. The highest BCUT2D eigenvalue weighted by Gasteiger charge is 2.15. The Hall–Kier alpha value is -1.62. The fraction of sp³-hybridized carbons (Fsp3) is 0.500. The van der Waals surface area contributed by atoms with E-state index in [9.17, 15) is 5.11 Å². The monoisotopic (exact) mass is 234 g/mol. The predicted molar refractivity (Wildman–Crippen MR) is 64.5 cm³/mol. The number of nitrogens with zero attached hydrogens (tertiary/aromatic N) is 4. The molecule has 0 aliphatic rings. The van der Waals surface area contributed by atoms with Gasteiger partial charge in [-0.05, 0) is 18.6 Å². The van der Waals surface area contributed by atoms with Crippen molar-refractivity contribution >= 4 is 0 Å². The van der Waals surface area contributed by atoms with Crippen LogP contribution < -0.4 is 0 Å². The van der Waals surface area contributed by atoms with Crippen LogP contribution in [-0.4, -0.2) is 24.7 Å². The Labute approximate surface area is 101 Å². The second-order valence-electron chi connectivity index (χ2n) is 4.20. The molecule has 1 N–H and O–H groups in total. The van der Waals surface area contributed by atoms with Crippen molar-refractivity contribution in [3.8, 4) is 0 Å². The molecule has 0 radical (unpaired) electrons. The molecule has 0 bridgehead atoms. The molecule has 0 fully saturated rings. The Bertz CT molecular complexity index is 500. The van der Waals surface area contributed by atoms with Gasteiger partial charge in [0.1, 0.15) is 6.10 Å². The Morgan fingerprint density at radius 2 is 2.12 bits per heavy atom. The molecular formula is C12H18N4O. The average Bonchev–Trinajstić information content (AvgIpc) is 2.86. The molecule has 0 saturated heterocycles. The van der Waals surface area contributed by atoms with Crippen LogP contribution in [0.5, 0.6) is 0 Å². The summed E-state index contributed by atoms with van der Waals surface area (Å²) in [6.45, 7) is 2.07. The van der Waals surface area contributed by atoms with E-state index in [1.165, 1.54) is 0 Å². The molecule has 0 aliphatic heterocycles. The first-order chi connectivity index (χ1) is 8.11. The van der Waals surface area contributed by atoms with E-state index in [-0.39, 0.29) is 0 Å². The first-order valence-electron chi connectivity index (χ1n) is 5.79. The van der Waals surface area contributed by atoms with E-state index >= 15 is 0 Å². The van der Waals surface area contributed by atoms with Crippen LogP contribution >= 0.6 is 0 Å². The molecule has 0 amide bonds. The van der Waals surface area contributed by atoms with E-state index in [0.717, 1.165) is 23.5 Å². The van der Waals surface area contributed by atoms with E-state index in [1.807, 2.05) is 30.9 Å². The lowest BCUT2D eigenvalue weighted by molar-refractivity contribution is 0.166. The molecule has 92 valence electrons. The summed E-state index contributed by atoms with van der Waals surface area (Å²) in [7, 11) is 3.74. The van der Waals surface area contributed by atoms with Crippen molar-refractivity contribution in [2.24, 2.45) is 14.1 Å². The van der Waals surface area contributed by atoms with Crippen LogP contribution in [0.25, 0.3) is 0 Å². The number of aryl methyl sites for hydroxylation is 3. The Kier molecular flexibility index (Phi) is 3.28. The van der Waals surface area contributed by atoms with E-state index in [2.05, 4.69) is 17.1 Å². The highest BCUT2D eigenvalue weighted by molar-refractivity contribution is 5.14. The minimum Gasteiger partial charge on any atom is -0.386 e. The van der Waals surface area contributed by atoms with Crippen LogP contribution in [0.4, 0.5) is 0 Å². The van der Waals surface area contributed by atoms with Gasteiger partial charge in [0.25, 0.3) is 0 Å². The summed E-state index contributed by atoms with van der Waals surface area (Å²) in [5.74, 6) is 0. The van der Waals surface area contributed by atoms with Gasteiger partial charge in [0.2, 0.25) is 0 Å². The summed E-state index contributed by atoms with van der Waals surface area (Å²) in [4.78, 5) is 0. The molecule has 2 aromatic rings. The number of rotatable bonds is 4. The van der Waals surface area contributed by atoms with Gasteiger partial charge >= 0.3 is 0 Å². The van der Waals surface area contributed by atoms with Crippen molar-refractivity contribution in [2.45, 2.75) is 25.9 Å². The Morgan fingerprint density at radius 1 is 1.35 bits per heavy atom. The number of aliphatic hydroxyl groups is 1. The molecular weight excluding hydrogens is 216 g/mol. The van der Waals surface area contributed by atoms with Crippen LogP contribution in [0, 0.1) is 0 Å². The molecule has 2 heterocycles. The van der Waals surface area contributed by atoms with Crippen LogP contribution in [0.2, 0.25) is 0 Å². The van der Waals surface area contributed by atoms with E-state index < -0.39 is 6.10 Å². The molecule has 5 nitrogen and oxygen atoms in total. The fourth-order valence-corrected chi connectivity index (χ4v) is 1.95. The summed E-state index contributed by atoms with van der Waals surface area (Å²) in [5, 5.41) is 18.6. The van der Waals surface area contributed by atoms with Crippen LogP contribution in [-0.2, 0) is 26.9 Å². The molecule has 2 rings (SSSR count). The van der Waals surface area contributed by atoms with Crippen LogP contribution in [0.15, 0.2) is 18.3 Å². The lowest BCUT2D eigenvalue weighted by Crippen LogP contribution is -2.10. The second kappa shape index (κ2) is 4.71. The quantitative estimate of drug-likeness (QED) is 0.858. The maximum Gasteiger partial charge on any atom is 0.101 e. The van der Waals surface area contributed by atoms with E-state index in [1.54, 1.807) is 10.9 Å². The van der Waals surface area contributed by atoms with E-state index in [0.29, 0.717) is 6.42 Å². The summed E-state index contributed by atoms with van der Waals surface area (Å²) < 4.78 is 3.53. The molecule has 0 spiro atoms. The normalized spacial score (nSPS) is 12.9. The highest BCUT2D eigenvalue weighted by atomic mass is 16.3. The molecule has 0 saturated carbocycles. The zero-order valence-electron chi connectivity index (χ0n) is 10.5. The lowest BCUT2D eigenvalue weighted by atomic mass is 10.1. The van der Waals surface area contributed by atoms with Gasteiger partial charge < -0.3 is 5.11 Å². The standard InChI is InChI=1S/C12H18N4O/c1-4-9-7-10(15(2)14-9)8-12(17)11-5-6-13-16(11)3/h5-7,12,17H,4,8H2,1-3H3. The zero-order chi connectivity index (χ0) is 12.4. The first-order valence-corrected chi connectivity index (χ1v) is 5.79. The third-order valence-electron chi connectivity index (χ3n) is 2.99. The number of aromatic nitrogens is 4. The minimum atomic E-state index is -0.539. The van der Waals surface area contributed by atoms with Crippen LogP contribution in [0.3, 0.4) is 0 Å². The number of hydrogen-bond acceptors (Lipinski definition) is 3. The third-order valence-corrected chi connectivity index (χ3v) is 2.99. The van der Waals surface area contributed by atoms with Crippen LogP contribution in [0.1, 0.15) is 30.1 Å². The fourth-order valence-electron chi connectivity index (χ4n) is 1.95.